The van der Waals surface area contributed by atoms with Gasteiger partial charge in [0.1, 0.15) is 18.0 Å². The number of ketones is 1. The van der Waals surface area contributed by atoms with E-state index in [0.29, 0.717) is 6.42 Å². The van der Waals surface area contributed by atoms with Crippen molar-refractivity contribution < 1.29 is 14.6 Å². The molecule has 0 amide bonds. The van der Waals surface area contributed by atoms with Gasteiger partial charge in [0, 0.05) is 6.42 Å². The number of Topliss-reactive ketones (excluding diaryl/α,β-unsaturated/α-hetero) is 1. The highest BCUT2D eigenvalue weighted by molar-refractivity contribution is 5.82. The van der Waals surface area contributed by atoms with Gasteiger partial charge in [-0.05, 0) is 35.4 Å². The predicted octanol–water partition coefficient (Wildman–Crippen LogP) is 6.61. The van der Waals surface area contributed by atoms with Gasteiger partial charge in [0.25, 0.3) is 0 Å². The molecule has 1 aliphatic rings. The van der Waals surface area contributed by atoms with Gasteiger partial charge in [0.15, 0.2) is 0 Å². The van der Waals surface area contributed by atoms with Gasteiger partial charge in [-0.25, -0.2) is 0 Å². The molecule has 3 aromatic rings. The lowest BCUT2D eigenvalue weighted by molar-refractivity contribution is -0.146. The summed E-state index contributed by atoms with van der Waals surface area (Å²) in [6.45, 7) is 2.16. The van der Waals surface area contributed by atoms with Crippen molar-refractivity contribution in [2.45, 2.75) is 50.9 Å². The summed E-state index contributed by atoms with van der Waals surface area (Å²) in [7, 11) is 0. The third kappa shape index (κ3) is 5.01. The molecule has 0 aromatic heterocycles. The maximum absolute atomic E-state index is 13.2. The average molecular weight is 429 g/mol. The van der Waals surface area contributed by atoms with Gasteiger partial charge in [-0.2, -0.15) is 0 Å². The Labute approximate surface area is 191 Å². The molecule has 1 fully saturated rings. The summed E-state index contributed by atoms with van der Waals surface area (Å²) >= 11 is 0. The Bertz CT molecular complexity index is 971. The van der Waals surface area contributed by atoms with Gasteiger partial charge < -0.3 is 9.84 Å². The van der Waals surface area contributed by atoms with Crippen molar-refractivity contribution in [2.24, 2.45) is 11.8 Å². The van der Waals surface area contributed by atoms with Crippen LogP contribution in [0.15, 0.2) is 91.0 Å². The maximum atomic E-state index is 13.2. The number of ether oxygens (including phenoxy) is 1. The summed E-state index contributed by atoms with van der Waals surface area (Å²) in [4.78, 5) is 13.2. The Kier molecular flexibility index (Phi) is 7.51. The molecular formula is C29H32O3. The summed E-state index contributed by atoms with van der Waals surface area (Å²) < 4.78 is 6.81. The number of benzene rings is 3. The third-order valence-corrected chi connectivity index (χ3v) is 6.71. The van der Waals surface area contributed by atoms with E-state index in [1.807, 2.05) is 91.0 Å². The number of aliphatic hydroxyl groups is 1. The molecule has 1 N–H and O–H groups in total. The second-order valence-corrected chi connectivity index (χ2v) is 8.71. The van der Waals surface area contributed by atoms with Gasteiger partial charge in [-0.3, -0.25) is 4.79 Å². The molecule has 3 nitrogen and oxygen atoms in total. The van der Waals surface area contributed by atoms with Crippen molar-refractivity contribution in [3.05, 3.63) is 108 Å². The summed E-state index contributed by atoms with van der Waals surface area (Å²) in [5, 5.41) is 11.4. The largest absolute Gasteiger partial charge is 0.385 e. The Balaban J connectivity index is 1.75. The first-order valence-electron chi connectivity index (χ1n) is 11.7. The molecule has 3 heteroatoms. The molecular weight excluding hydrogens is 396 g/mol. The van der Waals surface area contributed by atoms with Crippen LogP contribution < -0.4 is 0 Å². The fourth-order valence-electron chi connectivity index (χ4n) is 5.00. The van der Waals surface area contributed by atoms with Gasteiger partial charge in [-0.15, -0.1) is 0 Å². The molecule has 166 valence electrons. The van der Waals surface area contributed by atoms with Gasteiger partial charge in [-0.1, -0.05) is 104 Å². The predicted molar refractivity (Wildman–Crippen MR) is 127 cm³/mol. The molecule has 3 aromatic carbocycles. The molecule has 0 saturated heterocycles. The van der Waals surface area contributed by atoms with Crippen LogP contribution in [0, 0.1) is 11.8 Å². The van der Waals surface area contributed by atoms with Gasteiger partial charge in [0.2, 0.25) is 0 Å². The van der Waals surface area contributed by atoms with E-state index in [-0.39, 0.29) is 17.6 Å². The highest BCUT2D eigenvalue weighted by atomic mass is 16.5. The highest BCUT2D eigenvalue weighted by Gasteiger charge is 2.40. The van der Waals surface area contributed by atoms with Gasteiger partial charge >= 0.3 is 0 Å². The van der Waals surface area contributed by atoms with E-state index < -0.39 is 18.3 Å². The molecule has 1 saturated carbocycles. The molecule has 0 spiro atoms. The standard InChI is InChI=1S/C29H32O3/c1-2-21-19-12-20-25(30)26(21)28(23-15-8-4-9-16-23)32-29(24-17-10-5-11-18-24)27(31)22-13-6-3-7-14-22/h3-11,13-18,21,26-29,31H,2,12,19-20H2,1H3/t21-,26+,27+,28+,29+/m0/s1. The van der Waals surface area contributed by atoms with Crippen molar-refractivity contribution >= 4 is 5.78 Å². The molecule has 0 radical (unpaired) electrons. The zero-order chi connectivity index (χ0) is 22.3. The number of carbonyl (C=O) groups is 1. The van der Waals surface area contributed by atoms with E-state index in [1.165, 1.54) is 0 Å². The lowest BCUT2D eigenvalue weighted by atomic mass is 9.72. The van der Waals surface area contributed by atoms with Crippen molar-refractivity contribution in [1.82, 2.24) is 0 Å². The zero-order valence-corrected chi connectivity index (χ0v) is 18.6. The highest BCUT2D eigenvalue weighted by Crippen LogP contribution is 2.45. The minimum absolute atomic E-state index is 0.203. The van der Waals surface area contributed by atoms with Crippen LogP contribution in [0.25, 0.3) is 0 Å². The third-order valence-electron chi connectivity index (χ3n) is 6.71. The van der Waals surface area contributed by atoms with E-state index >= 15 is 0 Å². The van der Waals surface area contributed by atoms with Crippen LogP contribution in [0.3, 0.4) is 0 Å². The quantitative estimate of drug-likeness (QED) is 0.439. The summed E-state index contributed by atoms with van der Waals surface area (Å²) in [5.41, 5.74) is 2.70. The number of hydrogen-bond acceptors (Lipinski definition) is 3. The van der Waals surface area contributed by atoms with E-state index in [1.54, 1.807) is 0 Å². The second kappa shape index (κ2) is 10.7. The molecule has 32 heavy (non-hydrogen) atoms. The van der Waals surface area contributed by atoms with E-state index in [4.69, 9.17) is 4.74 Å². The number of hydrogen-bond donors (Lipinski definition) is 1. The fraction of sp³-hybridized carbons (Fsp3) is 0.345. The molecule has 0 aliphatic heterocycles. The minimum Gasteiger partial charge on any atom is -0.385 e. The summed E-state index contributed by atoms with van der Waals surface area (Å²) in [5.74, 6) is 0.357. The van der Waals surface area contributed by atoms with Crippen LogP contribution >= 0.6 is 0 Å². The monoisotopic (exact) mass is 428 g/mol. The van der Waals surface area contributed by atoms with Crippen LogP contribution in [-0.4, -0.2) is 10.9 Å². The first-order chi connectivity index (χ1) is 15.7. The van der Waals surface area contributed by atoms with Crippen LogP contribution in [0.2, 0.25) is 0 Å². The first kappa shape index (κ1) is 22.4. The lowest BCUT2D eigenvalue weighted by Gasteiger charge is -2.38. The Morgan fingerprint density at radius 3 is 1.94 bits per heavy atom. The molecule has 0 unspecified atom stereocenters. The number of aliphatic hydroxyl groups excluding tert-OH is 1. The molecule has 1 aliphatic carbocycles. The van der Waals surface area contributed by atoms with Crippen LogP contribution in [0.5, 0.6) is 0 Å². The molecule has 0 bridgehead atoms. The van der Waals surface area contributed by atoms with Crippen molar-refractivity contribution in [3.8, 4) is 0 Å². The molecule has 5 atom stereocenters. The van der Waals surface area contributed by atoms with Crippen LogP contribution in [-0.2, 0) is 9.53 Å². The first-order valence-corrected chi connectivity index (χ1v) is 11.7. The summed E-state index contributed by atoms with van der Waals surface area (Å²) in [6, 6.07) is 29.5. The minimum atomic E-state index is -0.844. The fourth-order valence-corrected chi connectivity index (χ4v) is 5.00. The van der Waals surface area contributed by atoms with Crippen molar-refractivity contribution in [2.75, 3.05) is 0 Å². The Morgan fingerprint density at radius 1 is 0.844 bits per heavy atom. The topological polar surface area (TPSA) is 46.5 Å². The lowest BCUT2D eigenvalue weighted by Crippen LogP contribution is -2.35. The summed E-state index contributed by atoms with van der Waals surface area (Å²) in [6.07, 6.45) is 1.70. The maximum Gasteiger partial charge on any atom is 0.139 e. The smallest absolute Gasteiger partial charge is 0.139 e. The van der Waals surface area contributed by atoms with Crippen LogP contribution in [0.1, 0.15) is 67.6 Å². The van der Waals surface area contributed by atoms with Crippen LogP contribution in [0.4, 0.5) is 0 Å². The average Bonchev–Trinajstić information content (AvgIpc) is 2.86. The molecule has 4 rings (SSSR count). The molecule has 0 heterocycles. The number of rotatable bonds is 8. The Hall–Kier alpha value is -2.75. The zero-order valence-electron chi connectivity index (χ0n) is 18.6. The SMILES string of the molecule is CC[C@H]1CCCC(=O)[C@@H]1[C@H](O[C@H](c1ccccc1)[C@H](O)c1ccccc1)c1ccccc1. The van der Waals surface area contributed by atoms with E-state index in [9.17, 15) is 9.90 Å². The van der Waals surface area contributed by atoms with Crippen molar-refractivity contribution in [3.63, 3.8) is 0 Å². The van der Waals surface area contributed by atoms with Gasteiger partial charge in [0.05, 0.1) is 12.0 Å². The normalized spacial score (nSPS) is 21.6. The second-order valence-electron chi connectivity index (χ2n) is 8.71. The van der Waals surface area contributed by atoms with E-state index in [2.05, 4.69) is 6.92 Å². The van der Waals surface area contributed by atoms with E-state index in [0.717, 1.165) is 36.0 Å². The Morgan fingerprint density at radius 2 is 1.38 bits per heavy atom. The van der Waals surface area contributed by atoms with Crippen molar-refractivity contribution in [1.29, 1.82) is 0 Å². The number of carbonyl (C=O) groups excluding carboxylic acids is 1.